The Morgan fingerprint density at radius 1 is 1.18 bits per heavy atom. The third kappa shape index (κ3) is 5.80. The van der Waals surface area contributed by atoms with Gasteiger partial charge >= 0.3 is 0 Å². The van der Waals surface area contributed by atoms with E-state index in [1.165, 1.54) is 25.0 Å². The Bertz CT molecular complexity index is 778. The zero-order valence-electron chi connectivity index (χ0n) is 16.7. The van der Waals surface area contributed by atoms with Gasteiger partial charge in [0.1, 0.15) is 5.82 Å². The summed E-state index contributed by atoms with van der Waals surface area (Å²) in [6.07, 6.45) is 3.49. The van der Waals surface area contributed by atoms with E-state index in [9.17, 15) is 9.18 Å². The fourth-order valence-electron chi connectivity index (χ4n) is 4.04. The number of hydrogen-bond donors (Lipinski definition) is 2. The van der Waals surface area contributed by atoms with E-state index in [1.54, 1.807) is 12.1 Å². The van der Waals surface area contributed by atoms with Crippen molar-refractivity contribution in [3.05, 3.63) is 59.9 Å². The molecule has 1 fully saturated rings. The van der Waals surface area contributed by atoms with Crippen molar-refractivity contribution in [2.75, 3.05) is 23.7 Å². The second kappa shape index (κ2) is 9.69. The number of amides is 1. The molecule has 2 aromatic rings. The van der Waals surface area contributed by atoms with Crippen molar-refractivity contribution in [3.8, 4) is 0 Å². The van der Waals surface area contributed by atoms with Gasteiger partial charge in [-0.05, 0) is 61.2 Å². The van der Waals surface area contributed by atoms with E-state index in [0.29, 0.717) is 12.0 Å². The molecule has 1 amide bonds. The molecule has 2 N–H and O–H groups in total. The van der Waals surface area contributed by atoms with Crippen molar-refractivity contribution in [1.29, 1.82) is 0 Å². The standard InChI is InChI=1S/C23H30FN3O/c1-3-5-19-12-13-27(15-18-8-10-21(11-9-18)25-17(2)28)16-23(19)26-22-7-4-6-20(24)14-22/h4,6-11,14,19,23,26H,3,5,12-13,15-16H2,1-2H3,(H,25,28)/t19-,23+/m0/s1. The lowest BCUT2D eigenvalue weighted by atomic mass is 9.87. The Balaban J connectivity index is 1.64. The van der Waals surface area contributed by atoms with E-state index >= 15 is 0 Å². The molecule has 28 heavy (non-hydrogen) atoms. The van der Waals surface area contributed by atoms with Crippen LogP contribution >= 0.6 is 0 Å². The first-order chi connectivity index (χ1) is 13.5. The highest BCUT2D eigenvalue weighted by molar-refractivity contribution is 5.88. The number of hydrogen-bond acceptors (Lipinski definition) is 3. The Hall–Kier alpha value is -2.40. The van der Waals surface area contributed by atoms with Crippen molar-refractivity contribution in [1.82, 2.24) is 4.90 Å². The summed E-state index contributed by atoms with van der Waals surface area (Å²) in [4.78, 5) is 13.6. The zero-order valence-corrected chi connectivity index (χ0v) is 16.7. The molecule has 4 nitrogen and oxygen atoms in total. The summed E-state index contributed by atoms with van der Waals surface area (Å²) in [6.45, 7) is 6.62. The van der Waals surface area contributed by atoms with Crippen LogP contribution in [0.2, 0.25) is 0 Å². The molecule has 150 valence electrons. The van der Waals surface area contributed by atoms with Crippen LogP contribution in [0.25, 0.3) is 0 Å². The van der Waals surface area contributed by atoms with Gasteiger partial charge in [0.15, 0.2) is 0 Å². The molecule has 1 saturated heterocycles. The van der Waals surface area contributed by atoms with E-state index < -0.39 is 0 Å². The summed E-state index contributed by atoms with van der Waals surface area (Å²) >= 11 is 0. The number of rotatable bonds is 7. The molecule has 0 unspecified atom stereocenters. The molecular formula is C23H30FN3O. The minimum absolute atomic E-state index is 0.0583. The van der Waals surface area contributed by atoms with Gasteiger partial charge in [-0.15, -0.1) is 0 Å². The van der Waals surface area contributed by atoms with Crippen LogP contribution < -0.4 is 10.6 Å². The van der Waals surface area contributed by atoms with E-state index in [-0.39, 0.29) is 11.7 Å². The highest BCUT2D eigenvalue weighted by Gasteiger charge is 2.28. The van der Waals surface area contributed by atoms with Gasteiger partial charge in [-0.25, -0.2) is 4.39 Å². The van der Waals surface area contributed by atoms with E-state index in [1.807, 2.05) is 18.2 Å². The number of carbonyl (C=O) groups is 1. The van der Waals surface area contributed by atoms with Crippen molar-refractivity contribution in [2.45, 2.75) is 45.7 Å². The minimum Gasteiger partial charge on any atom is -0.381 e. The van der Waals surface area contributed by atoms with Crippen LogP contribution in [0.4, 0.5) is 15.8 Å². The van der Waals surface area contributed by atoms with Gasteiger partial charge in [0.2, 0.25) is 5.91 Å². The maximum Gasteiger partial charge on any atom is 0.221 e. The topological polar surface area (TPSA) is 44.4 Å². The number of piperidine rings is 1. The predicted molar refractivity (Wildman–Crippen MR) is 113 cm³/mol. The van der Waals surface area contributed by atoms with E-state index in [4.69, 9.17) is 0 Å². The average Bonchev–Trinajstić information content (AvgIpc) is 2.65. The molecule has 0 bridgehead atoms. The SMILES string of the molecule is CCC[C@H]1CCN(Cc2ccc(NC(C)=O)cc2)C[C@H]1Nc1cccc(F)c1. The molecule has 2 aromatic carbocycles. The predicted octanol–water partition coefficient (Wildman–Crippen LogP) is 4.89. The van der Waals surface area contributed by atoms with Gasteiger partial charge in [0.05, 0.1) is 0 Å². The summed E-state index contributed by atoms with van der Waals surface area (Å²) in [5, 5.41) is 6.38. The highest BCUT2D eigenvalue weighted by atomic mass is 19.1. The molecule has 0 radical (unpaired) electrons. The van der Waals surface area contributed by atoms with Crippen LogP contribution in [0.1, 0.15) is 38.7 Å². The maximum absolute atomic E-state index is 13.6. The summed E-state index contributed by atoms with van der Waals surface area (Å²) in [6, 6.07) is 15.1. The van der Waals surface area contributed by atoms with Crippen molar-refractivity contribution in [2.24, 2.45) is 5.92 Å². The second-order valence-electron chi connectivity index (χ2n) is 7.71. The zero-order chi connectivity index (χ0) is 19.9. The smallest absolute Gasteiger partial charge is 0.221 e. The fourth-order valence-corrected chi connectivity index (χ4v) is 4.04. The van der Waals surface area contributed by atoms with Crippen molar-refractivity contribution in [3.63, 3.8) is 0 Å². The first-order valence-electron chi connectivity index (χ1n) is 10.1. The summed E-state index contributed by atoms with van der Waals surface area (Å²) < 4.78 is 13.6. The lowest BCUT2D eigenvalue weighted by molar-refractivity contribution is -0.114. The third-order valence-electron chi connectivity index (χ3n) is 5.36. The Kier molecular flexibility index (Phi) is 7.04. The highest BCUT2D eigenvalue weighted by Crippen LogP contribution is 2.27. The fraction of sp³-hybridized carbons (Fsp3) is 0.435. The molecule has 0 aliphatic carbocycles. The van der Waals surface area contributed by atoms with Crippen molar-refractivity contribution < 1.29 is 9.18 Å². The van der Waals surface area contributed by atoms with Crippen LogP contribution in [-0.2, 0) is 11.3 Å². The third-order valence-corrected chi connectivity index (χ3v) is 5.36. The van der Waals surface area contributed by atoms with Crippen LogP contribution in [0.15, 0.2) is 48.5 Å². The van der Waals surface area contributed by atoms with Crippen LogP contribution in [0.3, 0.4) is 0 Å². The molecular weight excluding hydrogens is 353 g/mol. The number of nitrogens with one attached hydrogen (secondary N) is 2. The average molecular weight is 384 g/mol. The second-order valence-corrected chi connectivity index (χ2v) is 7.71. The summed E-state index contributed by atoms with van der Waals surface area (Å²) in [7, 11) is 0. The molecule has 1 aliphatic heterocycles. The number of halogens is 1. The molecule has 2 atom stereocenters. The Morgan fingerprint density at radius 3 is 2.64 bits per heavy atom. The molecule has 0 aromatic heterocycles. The van der Waals surface area contributed by atoms with Gasteiger partial charge in [-0.3, -0.25) is 9.69 Å². The molecule has 0 saturated carbocycles. The first kappa shape index (κ1) is 20.3. The van der Waals surface area contributed by atoms with Crippen LogP contribution in [0, 0.1) is 11.7 Å². The van der Waals surface area contributed by atoms with Gasteiger partial charge in [0.25, 0.3) is 0 Å². The number of anilines is 2. The summed E-state index contributed by atoms with van der Waals surface area (Å²) in [5.74, 6) is 0.340. The first-order valence-corrected chi connectivity index (χ1v) is 10.1. The molecule has 5 heteroatoms. The Morgan fingerprint density at radius 2 is 1.96 bits per heavy atom. The maximum atomic E-state index is 13.6. The molecule has 0 spiro atoms. The summed E-state index contributed by atoms with van der Waals surface area (Å²) in [5.41, 5.74) is 2.91. The molecule has 1 heterocycles. The van der Waals surface area contributed by atoms with Gasteiger partial charge in [-0.2, -0.15) is 0 Å². The number of nitrogens with zero attached hydrogens (tertiary/aromatic N) is 1. The Labute approximate surface area is 167 Å². The number of carbonyl (C=O) groups excluding carboxylic acids is 1. The van der Waals surface area contributed by atoms with Gasteiger partial charge in [0, 0.05) is 37.4 Å². The van der Waals surface area contributed by atoms with Crippen LogP contribution in [-0.4, -0.2) is 29.9 Å². The quantitative estimate of drug-likeness (QED) is 0.716. The largest absolute Gasteiger partial charge is 0.381 e. The van der Waals surface area contributed by atoms with Crippen LogP contribution in [0.5, 0.6) is 0 Å². The van der Waals surface area contributed by atoms with Gasteiger partial charge in [-0.1, -0.05) is 31.5 Å². The van der Waals surface area contributed by atoms with E-state index in [0.717, 1.165) is 43.9 Å². The number of benzene rings is 2. The monoisotopic (exact) mass is 383 g/mol. The van der Waals surface area contributed by atoms with Crippen molar-refractivity contribution >= 4 is 17.3 Å². The lowest BCUT2D eigenvalue weighted by Crippen LogP contribution is -2.47. The number of likely N-dealkylation sites (tertiary alicyclic amines) is 1. The lowest BCUT2D eigenvalue weighted by Gasteiger charge is -2.39. The normalized spacial score (nSPS) is 20.0. The van der Waals surface area contributed by atoms with E-state index in [2.05, 4.69) is 34.6 Å². The minimum atomic E-state index is -0.205. The van der Waals surface area contributed by atoms with Gasteiger partial charge < -0.3 is 10.6 Å². The molecule has 1 aliphatic rings. The molecule has 3 rings (SSSR count).